The lowest BCUT2D eigenvalue weighted by molar-refractivity contribution is 0.0946. The third-order valence-corrected chi connectivity index (χ3v) is 3.21. The summed E-state index contributed by atoms with van der Waals surface area (Å²) in [6.07, 6.45) is 1.35. The Kier molecular flexibility index (Phi) is 5.68. The van der Waals surface area contributed by atoms with E-state index in [1.807, 2.05) is 37.2 Å². The van der Waals surface area contributed by atoms with Gasteiger partial charge < -0.3 is 15.5 Å². The van der Waals surface area contributed by atoms with Crippen LogP contribution in [-0.4, -0.2) is 48.0 Å². The molecule has 0 aliphatic heterocycles. The fourth-order valence-corrected chi connectivity index (χ4v) is 1.92. The Morgan fingerprint density at radius 1 is 1.27 bits per heavy atom. The minimum atomic E-state index is -0.230. The fraction of sp³-hybridized carbons (Fsp3) is 0.267. The van der Waals surface area contributed by atoms with E-state index >= 15 is 0 Å². The zero-order valence-corrected chi connectivity index (χ0v) is 13.3. The van der Waals surface area contributed by atoms with E-state index in [1.165, 1.54) is 6.33 Å². The number of carbonyl (C=O) groups is 1. The Balaban J connectivity index is 2.03. The smallest absolute Gasteiger partial charge is 0.270 e. The molecule has 1 amide bonds. The molecule has 2 aromatic rings. The summed E-state index contributed by atoms with van der Waals surface area (Å²) in [7, 11) is 3.89. The number of aromatic nitrogens is 2. The number of carbonyl (C=O) groups excluding carboxylic acids is 1. The Morgan fingerprint density at radius 3 is 2.77 bits per heavy atom. The van der Waals surface area contributed by atoms with Gasteiger partial charge in [0.1, 0.15) is 17.8 Å². The highest BCUT2D eigenvalue weighted by Gasteiger charge is 2.09. The van der Waals surface area contributed by atoms with Gasteiger partial charge in [-0.25, -0.2) is 9.97 Å². The molecule has 2 N–H and O–H groups in total. The van der Waals surface area contributed by atoms with Crippen LogP contribution in [0, 0.1) is 0 Å². The number of hydrogen-bond donors (Lipinski definition) is 2. The number of halogens is 1. The third kappa shape index (κ3) is 4.68. The zero-order chi connectivity index (χ0) is 15.9. The number of nitrogens with one attached hydrogen (secondary N) is 2. The maximum atomic E-state index is 12.0. The molecule has 0 fully saturated rings. The molecule has 0 aliphatic carbocycles. The van der Waals surface area contributed by atoms with Crippen LogP contribution >= 0.6 is 11.6 Å². The average Bonchev–Trinajstić information content (AvgIpc) is 2.49. The highest BCUT2D eigenvalue weighted by molar-refractivity contribution is 6.33. The van der Waals surface area contributed by atoms with Crippen molar-refractivity contribution in [1.29, 1.82) is 0 Å². The second-order valence-electron chi connectivity index (χ2n) is 4.95. The number of amides is 1. The van der Waals surface area contributed by atoms with Crippen molar-refractivity contribution < 1.29 is 4.79 Å². The van der Waals surface area contributed by atoms with Gasteiger partial charge in [0.15, 0.2) is 0 Å². The molecule has 0 aliphatic rings. The van der Waals surface area contributed by atoms with Crippen LogP contribution in [0.15, 0.2) is 36.7 Å². The number of benzene rings is 1. The Labute approximate surface area is 134 Å². The topological polar surface area (TPSA) is 70.2 Å². The number of rotatable bonds is 6. The van der Waals surface area contributed by atoms with Gasteiger partial charge in [0.25, 0.3) is 5.91 Å². The van der Waals surface area contributed by atoms with Crippen molar-refractivity contribution in [1.82, 2.24) is 20.2 Å². The first-order valence-electron chi connectivity index (χ1n) is 6.83. The van der Waals surface area contributed by atoms with Crippen molar-refractivity contribution in [3.05, 3.63) is 47.4 Å². The predicted molar refractivity (Wildman–Crippen MR) is 87.7 cm³/mol. The first kappa shape index (κ1) is 16.2. The molecule has 7 heteroatoms. The minimum absolute atomic E-state index is 0.230. The summed E-state index contributed by atoms with van der Waals surface area (Å²) in [5.41, 5.74) is 1.03. The molecule has 1 aromatic carbocycles. The van der Waals surface area contributed by atoms with Gasteiger partial charge in [-0.3, -0.25) is 4.79 Å². The van der Waals surface area contributed by atoms with Gasteiger partial charge >= 0.3 is 0 Å². The molecule has 6 nitrogen and oxygen atoms in total. The van der Waals surface area contributed by atoms with Crippen molar-refractivity contribution in [2.24, 2.45) is 0 Å². The molecule has 0 bridgehead atoms. The summed E-state index contributed by atoms with van der Waals surface area (Å²) in [5, 5.41) is 6.46. The van der Waals surface area contributed by atoms with Crippen molar-refractivity contribution in [3.63, 3.8) is 0 Å². The van der Waals surface area contributed by atoms with Gasteiger partial charge in [0, 0.05) is 19.2 Å². The molecule has 0 spiro atoms. The van der Waals surface area contributed by atoms with Gasteiger partial charge in [0.2, 0.25) is 0 Å². The Hall–Kier alpha value is -2.18. The van der Waals surface area contributed by atoms with Gasteiger partial charge in [-0.2, -0.15) is 0 Å². The maximum Gasteiger partial charge on any atom is 0.270 e. The number of hydrogen-bond acceptors (Lipinski definition) is 5. The Bertz CT molecular complexity index is 647. The second kappa shape index (κ2) is 7.72. The quantitative estimate of drug-likeness (QED) is 0.854. The van der Waals surface area contributed by atoms with E-state index in [0.29, 0.717) is 23.1 Å². The third-order valence-electron chi connectivity index (χ3n) is 2.88. The highest BCUT2D eigenvalue weighted by Crippen LogP contribution is 2.23. The molecule has 1 heterocycles. The largest absolute Gasteiger partial charge is 0.349 e. The molecule has 2 rings (SSSR count). The summed E-state index contributed by atoms with van der Waals surface area (Å²) in [4.78, 5) is 22.1. The van der Waals surface area contributed by atoms with Crippen LogP contribution in [0.5, 0.6) is 0 Å². The zero-order valence-electron chi connectivity index (χ0n) is 12.5. The van der Waals surface area contributed by atoms with Gasteiger partial charge in [-0.05, 0) is 26.2 Å². The molecule has 0 saturated heterocycles. The SMILES string of the molecule is CN(C)CCNC(=O)c1cc(Nc2ccccc2Cl)ncn1. The molecule has 1 aromatic heterocycles. The number of para-hydroxylation sites is 1. The van der Waals surface area contributed by atoms with Crippen LogP contribution in [0.4, 0.5) is 11.5 Å². The average molecular weight is 320 g/mol. The molecule has 116 valence electrons. The molecular weight excluding hydrogens is 302 g/mol. The summed E-state index contributed by atoms with van der Waals surface area (Å²) in [6.45, 7) is 1.32. The molecule has 22 heavy (non-hydrogen) atoms. The lowest BCUT2D eigenvalue weighted by Crippen LogP contribution is -2.31. The van der Waals surface area contributed by atoms with E-state index < -0.39 is 0 Å². The summed E-state index contributed by atoms with van der Waals surface area (Å²) >= 11 is 6.08. The monoisotopic (exact) mass is 319 g/mol. The normalized spacial score (nSPS) is 10.5. The predicted octanol–water partition coefficient (Wildman–Crippen LogP) is 2.17. The first-order chi connectivity index (χ1) is 10.6. The van der Waals surface area contributed by atoms with Crippen LogP contribution in [0.2, 0.25) is 5.02 Å². The molecular formula is C15H18ClN5O. The standard InChI is InChI=1S/C15H18ClN5O/c1-21(2)8-7-17-15(22)13-9-14(19-10-18-13)20-12-6-4-3-5-11(12)16/h3-6,9-10H,7-8H2,1-2H3,(H,17,22)(H,18,19,20). The van der Waals surface area contributed by atoms with Crippen LogP contribution in [0.25, 0.3) is 0 Å². The number of likely N-dealkylation sites (N-methyl/N-ethyl adjacent to an activating group) is 1. The van der Waals surface area contributed by atoms with E-state index in [-0.39, 0.29) is 5.91 Å². The van der Waals surface area contributed by atoms with Crippen LogP contribution in [0.1, 0.15) is 10.5 Å². The van der Waals surface area contributed by atoms with Crippen molar-refractivity contribution in [3.8, 4) is 0 Å². The highest BCUT2D eigenvalue weighted by atomic mass is 35.5. The molecule has 0 atom stereocenters. The van der Waals surface area contributed by atoms with Gasteiger partial charge in [-0.15, -0.1) is 0 Å². The number of nitrogens with zero attached hydrogens (tertiary/aromatic N) is 3. The van der Waals surface area contributed by atoms with Crippen molar-refractivity contribution >= 4 is 29.0 Å². The number of anilines is 2. The van der Waals surface area contributed by atoms with Crippen LogP contribution < -0.4 is 10.6 Å². The summed E-state index contributed by atoms with van der Waals surface area (Å²) in [6, 6.07) is 8.91. The molecule has 0 saturated carbocycles. The summed E-state index contributed by atoms with van der Waals surface area (Å²) in [5.74, 6) is 0.285. The lowest BCUT2D eigenvalue weighted by Gasteiger charge is -2.11. The van der Waals surface area contributed by atoms with Gasteiger partial charge in [-0.1, -0.05) is 23.7 Å². The van der Waals surface area contributed by atoms with E-state index in [2.05, 4.69) is 20.6 Å². The van der Waals surface area contributed by atoms with E-state index in [9.17, 15) is 4.79 Å². The Morgan fingerprint density at radius 2 is 2.05 bits per heavy atom. The molecule has 0 unspecified atom stereocenters. The van der Waals surface area contributed by atoms with E-state index in [4.69, 9.17) is 11.6 Å². The van der Waals surface area contributed by atoms with E-state index in [0.717, 1.165) is 12.2 Å². The first-order valence-corrected chi connectivity index (χ1v) is 7.20. The fourth-order valence-electron chi connectivity index (χ4n) is 1.73. The lowest BCUT2D eigenvalue weighted by atomic mass is 10.3. The molecule has 0 radical (unpaired) electrons. The second-order valence-corrected chi connectivity index (χ2v) is 5.36. The van der Waals surface area contributed by atoms with Crippen molar-refractivity contribution in [2.45, 2.75) is 0 Å². The summed E-state index contributed by atoms with van der Waals surface area (Å²) < 4.78 is 0. The minimum Gasteiger partial charge on any atom is -0.349 e. The van der Waals surface area contributed by atoms with Crippen LogP contribution in [0.3, 0.4) is 0 Å². The van der Waals surface area contributed by atoms with Crippen molar-refractivity contribution in [2.75, 3.05) is 32.5 Å². The van der Waals surface area contributed by atoms with E-state index in [1.54, 1.807) is 12.1 Å². The van der Waals surface area contributed by atoms with Gasteiger partial charge in [0.05, 0.1) is 10.7 Å². The van der Waals surface area contributed by atoms with Crippen LogP contribution in [-0.2, 0) is 0 Å². The maximum absolute atomic E-state index is 12.0.